The Hall–Kier alpha value is -1.58. The number of aromatic nitrogens is 1. The van der Waals surface area contributed by atoms with E-state index in [4.69, 9.17) is 0 Å². The monoisotopic (exact) mass is 233 g/mol. The molecule has 0 aliphatic heterocycles. The van der Waals surface area contributed by atoms with E-state index >= 15 is 0 Å². The summed E-state index contributed by atoms with van der Waals surface area (Å²) in [5.74, 6) is -0.0722. The van der Waals surface area contributed by atoms with Crippen molar-refractivity contribution < 1.29 is 4.79 Å². The molecule has 1 amide bonds. The summed E-state index contributed by atoms with van der Waals surface area (Å²) in [6.07, 6.45) is 6.19. The zero-order valence-corrected chi connectivity index (χ0v) is 10.4. The first-order chi connectivity index (χ1) is 8.13. The average molecular weight is 233 g/mol. The van der Waals surface area contributed by atoms with Gasteiger partial charge in [-0.15, -0.1) is 0 Å². The van der Waals surface area contributed by atoms with Crippen LogP contribution in [0.5, 0.6) is 0 Å². The van der Waals surface area contributed by atoms with Crippen molar-refractivity contribution in [2.24, 2.45) is 0 Å². The van der Waals surface area contributed by atoms with Crippen molar-refractivity contribution in [2.45, 2.75) is 38.1 Å². The van der Waals surface area contributed by atoms with Gasteiger partial charge in [0, 0.05) is 12.6 Å². The van der Waals surface area contributed by atoms with Gasteiger partial charge in [-0.05, 0) is 31.9 Å². The normalized spacial score (nSPS) is 17.8. The molecular formula is C13H19N3O. The van der Waals surface area contributed by atoms with Crippen LogP contribution in [-0.2, 0) is 0 Å². The summed E-state index contributed by atoms with van der Waals surface area (Å²) in [4.78, 5) is 16.2. The molecule has 0 atom stereocenters. The van der Waals surface area contributed by atoms with Crippen molar-refractivity contribution in [1.82, 2.24) is 10.3 Å². The molecule has 2 rings (SSSR count). The first-order valence-corrected chi connectivity index (χ1v) is 6.09. The van der Waals surface area contributed by atoms with Crippen molar-refractivity contribution in [3.8, 4) is 0 Å². The second kappa shape index (κ2) is 4.73. The predicted molar refractivity (Wildman–Crippen MR) is 68.1 cm³/mol. The largest absolute Gasteiger partial charge is 0.387 e. The highest BCUT2D eigenvalue weighted by atomic mass is 16.2. The summed E-state index contributed by atoms with van der Waals surface area (Å²) in [6.45, 7) is 2.11. The molecule has 0 bridgehead atoms. The molecule has 4 nitrogen and oxygen atoms in total. The first-order valence-electron chi connectivity index (χ1n) is 6.09. The smallest absolute Gasteiger partial charge is 0.270 e. The van der Waals surface area contributed by atoms with E-state index in [0.29, 0.717) is 5.69 Å². The summed E-state index contributed by atoms with van der Waals surface area (Å²) in [6, 6.07) is 3.61. The molecule has 1 heterocycles. The molecule has 1 fully saturated rings. The van der Waals surface area contributed by atoms with Crippen LogP contribution in [0.1, 0.15) is 43.1 Å². The van der Waals surface area contributed by atoms with E-state index in [1.54, 1.807) is 12.3 Å². The van der Waals surface area contributed by atoms with Crippen molar-refractivity contribution in [2.75, 3.05) is 12.4 Å². The zero-order chi connectivity index (χ0) is 12.3. The fourth-order valence-corrected chi connectivity index (χ4v) is 2.29. The molecule has 17 heavy (non-hydrogen) atoms. The maximum Gasteiger partial charge on any atom is 0.270 e. The third-order valence-electron chi connectivity index (χ3n) is 3.41. The minimum atomic E-state index is -0.0722. The van der Waals surface area contributed by atoms with Crippen molar-refractivity contribution in [3.63, 3.8) is 0 Å². The Balaban J connectivity index is 2.03. The predicted octanol–water partition coefficient (Wildman–Crippen LogP) is 2.19. The van der Waals surface area contributed by atoms with Gasteiger partial charge in [0.15, 0.2) is 0 Å². The third kappa shape index (κ3) is 2.75. The highest BCUT2D eigenvalue weighted by Crippen LogP contribution is 2.29. The quantitative estimate of drug-likeness (QED) is 0.841. The average Bonchev–Trinajstić information content (AvgIpc) is 2.76. The van der Waals surface area contributed by atoms with Gasteiger partial charge in [-0.3, -0.25) is 4.79 Å². The molecule has 4 heteroatoms. The molecule has 0 unspecified atom stereocenters. The van der Waals surface area contributed by atoms with E-state index in [2.05, 4.69) is 22.5 Å². The highest BCUT2D eigenvalue weighted by molar-refractivity contribution is 5.93. The summed E-state index contributed by atoms with van der Waals surface area (Å²) in [5.41, 5.74) is 1.35. The van der Waals surface area contributed by atoms with Gasteiger partial charge in [0.05, 0.1) is 11.9 Å². The zero-order valence-electron chi connectivity index (χ0n) is 10.4. The Kier molecular flexibility index (Phi) is 3.31. The summed E-state index contributed by atoms with van der Waals surface area (Å²) in [7, 11) is 1.83. The first kappa shape index (κ1) is 11.9. The van der Waals surface area contributed by atoms with Gasteiger partial charge in [-0.25, -0.2) is 4.98 Å². The van der Waals surface area contributed by atoms with Crippen molar-refractivity contribution >= 4 is 11.6 Å². The Labute approximate surface area is 102 Å². The van der Waals surface area contributed by atoms with Crippen LogP contribution in [0.15, 0.2) is 18.3 Å². The molecule has 1 aromatic heterocycles. The molecule has 1 aliphatic carbocycles. The van der Waals surface area contributed by atoms with E-state index in [1.165, 1.54) is 12.8 Å². The fraction of sp³-hybridized carbons (Fsp3) is 0.538. The Morgan fingerprint density at radius 1 is 1.35 bits per heavy atom. The van der Waals surface area contributed by atoms with Gasteiger partial charge in [0.25, 0.3) is 5.91 Å². The van der Waals surface area contributed by atoms with Crippen LogP contribution in [-0.4, -0.2) is 23.5 Å². The number of nitrogens with one attached hydrogen (secondary N) is 2. The van der Waals surface area contributed by atoms with Gasteiger partial charge in [-0.2, -0.15) is 0 Å². The number of pyridine rings is 1. The number of carbonyl (C=O) groups is 1. The Morgan fingerprint density at radius 2 is 2.06 bits per heavy atom. The molecular weight excluding hydrogens is 214 g/mol. The lowest BCUT2D eigenvalue weighted by Crippen LogP contribution is -2.43. The number of carbonyl (C=O) groups excluding carboxylic acids is 1. The van der Waals surface area contributed by atoms with Crippen LogP contribution < -0.4 is 10.6 Å². The second-order valence-corrected chi connectivity index (χ2v) is 4.90. The van der Waals surface area contributed by atoms with Gasteiger partial charge < -0.3 is 10.6 Å². The maximum atomic E-state index is 12.0. The standard InChI is InChI=1S/C13H19N3O/c1-13(7-3-4-8-13)16-12(17)11-6-5-10(14-2)9-15-11/h5-6,9,14H,3-4,7-8H2,1-2H3,(H,16,17). The second-order valence-electron chi connectivity index (χ2n) is 4.90. The lowest BCUT2D eigenvalue weighted by molar-refractivity contribution is 0.0903. The Morgan fingerprint density at radius 3 is 2.59 bits per heavy atom. The molecule has 1 aromatic rings. The molecule has 1 saturated carbocycles. The SMILES string of the molecule is CNc1ccc(C(=O)NC2(C)CCCC2)nc1. The molecule has 0 saturated heterocycles. The van der Waals surface area contributed by atoms with Crippen molar-refractivity contribution in [3.05, 3.63) is 24.0 Å². The minimum Gasteiger partial charge on any atom is -0.387 e. The lowest BCUT2D eigenvalue weighted by Gasteiger charge is -2.24. The van der Waals surface area contributed by atoms with E-state index in [1.807, 2.05) is 13.1 Å². The van der Waals surface area contributed by atoms with Crippen molar-refractivity contribution in [1.29, 1.82) is 0 Å². The minimum absolute atomic E-state index is 0.0412. The van der Waals surface area contributed by atoms with E-state index in [-0.39, 0.29) is 11.4 Å². The number of hydrogen-bond donors (Lipinski definition) is 2. The van der Waals surface area contributed by atoms with E-state index in [9.17, 15) is 4.79 Å². The van der Waals surface area contributed by atoms with Gasteiger partial charge in [-0.1, -0.05) is 12.8 Å². The van der Waals surface area contributed by atoms with Gasteiger partial charge >= 0.3 is 0 Å². The molecule has 1 aliphatic rings. The lowest BCUT2D eigenvalue weighted by atomic mass is 10.0. The Bertz CT molecular complexity index is 394. The molecule has 2 N–H and O–H groups in total. The number of anilines is 1. The maximum absolute atomic E-state index is 12.0. The molecule has 92 valence electrons. The molecule has 0 spiro atoms. The topological polar surface area (TPSA) is 54.0 Å². The van der Waals surface area contributed by atoms with Gasteiger partial charge in [0.2, 0.25) is 0 Å². The van der Waals surface area contributed by atoms with Crippen LogP contribution >= 0.6 is 0 Å². The summed E-state index contributed by atoms with van der Waals surface area (Å²) >= 11 is 0. The third-order valence-corrected chi connectivity index (χ3v) is 3.41. The molecule has 0 radical (unpaired) electrons. The van der Waals surface area contributed by atoms with E-state index < -0.39 is 0 Å². The van der Waals surface area contributed by atoms with Crippen LogP contribution in [0, 0.1) is 0 Å². The van der Waals surface area contributed by atoms with Gasteiger partial charge in [0.1, 0.15) is 5.69 Å². The summed E-state index contributed by atoms with van der Waals surface area (Å²) < 4.78 is 0. The number of hydrogen-bond acceptors (Lipinski definition) is 3. The highest BCUT2D eigenvalue weighted by Gasteiger charge is 2.30. The van der Waals surface area contributed by atoms with Crippen LogP contribution in [0.4, 0.5) is 5.69 Å². The van der Waals surface area contributed by atoms with Crippen LogP contribution in [0.2, 0.25) is 0 Å². The number of nitrogens with zero attached hydrogens (tertiary/aromatic N) is 1. The van der Waals surface area contributed by atoms with Crippen LogP contribution in [0.25, 0.3) is 0 Å². The molecule has 0 aromatic carbocycles. The van der Waals surface area contributed by atoms with Crippen LogP contribution in [0.3, 0.4) is 0 Å². The number of rotatable bonds is 3. The fourth-order valence-electron chi connectivity index (χ4n) is 2.29. The summed E-state index contributed by atoms with van der Waals surface area (Å²) in [5, 5.41) is 6.07. The number of amides is 1. The van der Waals surface area contributed by atoms with E-state index in [0.717, 1.165) is 18.5 Å².